The van der Waals surface area contributed by atoms with Crippen molar-refractivity contribution in [3.63, 3.8) is 0 Å². The Bertz CT molecular complexity index is 357. The van der Waals surface area contributed by atoms with E-state index in [1.807, 2.05) is 30.5 Å². The van der Waals surface area contributed by atoms with Crippen LogP contribution in [0.2, 0.25) is 0 Å². The number of benzene rings is 1. The lowest BCUT2D eigenvalue weighted by atomic mass is 10.3. The molecule has 0 saturated heterocycles. The van der Waals surface area contributed by atoms with Gasteiger partial charge in [-0.3, -0.25) is 0 Å². The van der Waals surface area contributed by atoms with Crippen molar-refractivity contribution in [3.05, 3.63) is 41.1 Å². The SMILES string of the molecule is Brc1ccc(-n2ccnn2)cc1.[2H]. The summed E-state index contributed by atoms with van der Waals surface area (Å²) in [7, 11) is 0. The van der Waals surface area contributed by atoms with Crippen LogP contribution in [0, 0.1) is 0 Å². The van der Waals surface area contributed by atoms with Gasteiger partial charge in [-0.05, 0) is 24.3 Å². The van der Waals surface area contributed by atoms with Gasteiger partial charge in [0.25, 0.3) is 0 Å². The number of hydrogen-bond donors (Lipinski definition) is 0. The molecule has 0 bridgehead atoms. The van der Waals surface area contributed by atoms with E-state index in [1.54, 1.807) is 10.9 Å². The molecule has 0 aliphatic carbocycles. The van der Waals surface area contributed by atoms with Gasteiger partial charge in [0, 0.05) is 5.90 Å². The van der Waals surface area contributed by atoms with Crippen LogP contribution < -0.4 is 0 Å². The summed E-state index contributed by atoms with van der Waals surface area (Å²) in [4.78, 5) is 0. The van der Waals surface area contributed by atoms with Crippen LogP contribution in [0.25, 0.3) is 5.69 Å². The molecular formula is C8H7BrN3. The molecule has 1 radical (unpaired) electrons. The molecule has 0 aliphatic heterocycles. The van der Waals surface area contributed by atoms with Gasteiger partial charge in [-0.1, -0.05) is 21.1 Å². The van der Waals surface area contributed by atoms with E-state index >= 15 is 0 Å². The molecule has 1 aromatic heterocycles. The lowest BCUT2D eigenvalue weighted by Gasteiger charge is -1.98. The van der Waals surface area contributed by atoms with Crippen LogP contribution >= 0.6 is 15.9 Å². The van der Waals surface area contributed by atoms with Crippen LogP contribution in [0.4, 0.5) is 0 Å². The van der Waals surface area contributed by atoms with Gasteiger partial charge in [-0.2, -0.15) is 0 Å². The zero-order valence-corrected chi connectivity index (χ0v) is 7.77. The monoisotopic (exact) mass is 225 g/mol. The van der Waals surface area contributed by atoms with Crippen LogP contribution in [0.1, 0.15) is 1.43 Å². The maximum Gasteiger partial charge on any atom is 0.0697 e. The van der Waals surface area contributed by atoms with Crippen LogP contribution in [-0.2, 0) is 0 Å². The van der Waals surface area contributed by atoms with Gasteiger partial charge >= 0.3 is 0 Å². The van der Waals surface area contributed by atoms with Crippen molar-refractivity contribution in [2.75, 3.05) is 0 Å². The highest BCUT2D eigenvalue weighted by atomic mass is 79.9. The van der Waals surface area contributed by atoms with Crippen molar-refractivity contribution in [3.8, 4) is 5.69 Å². The molecule has 1 aromatic carbocycles. The van der Waals surface area contributed by atoms with E-state index in [0.29, 0.717) is 0 Å². The highest BCUT2D eigenvalue weighted by Crippen LogP contribution is 2.12. The summed E-state index contributed by atoms with van der Waals surface area (Å²) in [6.07, 6.45) is 3.46. The van der Waals surface area contributed by atoms with Crippen molar-refractivity contribution in [2.45, 2.75) is 0 Å². The Morgan fingerprint density at radius 2 is 2.00 bits per heavy atom. The molecule has 0 unspecified atom stereocenters. The Labute approximate surface area is 79.6 Å². The maximum absolute atomic E-state index is 3.87. The second kappa shape index (κ2) is 3.06. The average molecular weight is 226 g/mol. The van der Waals surface area contributed by atoms with E-state index in [4.69, 9.17) is 0 Å². The summed E-state index contributed by atoms with van der Waals surface area (Å²) in [5.74, 6) is 0. The van der Waals surface area contributed by atoms with Crippen molar-refractivity contribution < 1.29 is 1.43 Å². The highest BCUT2D eigenvalue weighted by Gasteiger charge is 1.94. The normalized spacial score (nSPS) is 10.1. The molecule has 1 heterocycles. The minimum atomic E-state index is 0. The minimum Gasteiger partial charge on any atom is -0.221 e. The Kier molecular flexibility index (Phi) is 1.91. The van der Waals surface area contributed by atoms with Crippen LogP contribution in [0.15, 0.2) is 41.1 Å². The number of rotatable bonds is 1. The van der Waals surface area contributed by atoms with Crippen molar-refractivity contribution in [1.82, 2.24) is 15.0 Å². The molecule has 2 rings (SSSR count). The van der Waals surface area contributed by atoms with Crippen LogP contribution in [0.3, 0.4) is 0 Å². The van der Waals surface area contributed by atoms with Crippen LogP contribution in [0.5, 0.6) is 0 Å². The largest absolute Gasteiger partial charge is 0.221 e. The van der Waals surface area contributed by atoms with E-state index in [9.17, 15) is 0 Å². The first kappa shape index (κ1) is 7.49. The number of hydrogen-bond acceptors (Lipinski definition) is 2. The molecule has 12 heavy (non-hydrogen) atoms. The summed E-state index contributed by atoms with van der Waals surface area (Å²) < 4.78 is 2.78. The van der Waals surface area contributed by atoms with Crippen molar-refractivity contribution in [1.29, 1.82) is 0 Å². The van der Waals surface area contributed by atoms with E-state index < -0.39 is 0 Å². The third-order valence-corrected chi connectivity index (χ3v) is 2.04. The third-order valence-electron chi connectivity index (χ3n) is 1.51. The first-order valence-corrected chi connectivity index (χ1v) is 4.28. The van der Waals surface area contributed by atoms with Gasteiger partial charge in [-0.15, -0.1) is 5.10 Å². The van der Waals surface area contributed by atoms with Gasteiger partial charge < -0.3 is 0 Å². The second-order valence-electron chi connectivity index (χ2n) is 2.32. The zero-order chi connectivity index (χ0) is 8.39. The summed E-state index contributed by atoms with van der Waals surface area (Å²) in [6.45, 7) is 0. The lowest BCUT2D eigenvalue weighted by Crippen LogP contribution is -1.93. The summed E-state index contributed by atoms with van der Waals surface area (Å²) in [5, 5.41) is 7.59. The first-order chi connectivity index (χ1) is 5.86. The fraction of sp³-hybridized carbons (Fsp3) is 0. The van der Waals surface area contributed by atoms with E-state index in [0.717, 1.165) is 10.2 Å². The Balaban J connectivity index is 0.000000845. The van der Waals surface area contributed by atoms with E-state index in [2.05, 4.69) is 26.2 Å². The predicted molar refractivity (Wildman–Crippen MR) is 50.2 cm³/mol. The van der Waals surface area contributed by atoms with Gasteiger partial charge in [0.2, 0.25) is 0 Å². The van der Waals surface area contributed by atoms with Gasteiger partial charge in [0.05, 0.1) is 18.1 Å². The predicted octanol–water partition coefficient (Wildman–Crippen LogP) is 2.14. The molecule has 3 nitrogen and oxygen atoms in total. The molecule has 2 aromatic rings. The summed E-state index contributed by atoms with van der Waals surface area (Å²) >= 11 is 3.36. The third kappa shape index (κ3) is 1.38. The second-order valence-corrected chi connectivity index (χ2v) is 3.24. The molecule has 0 amide bonds. The Morgan fingerprint density at radius 1 is 1.25 bits per heavy atom. The van der Waals surface area contributed by atoms with Crippen molar-refractivity contribution in [2.24, 2.45) is 0 Å². The van der Waals surface area contributed by atoms with E-state index in [-0.39, 0.29) is 1.43 Å². The molecule has 0 saturated carbocycles. The molecule has 0 spiro atoms. The van der Waals surface area contributed by atoms with Gasteiger partial charge in [0.1, 0.15) is 0 Å². The molecule has 4 heteroatoms. The summed E-state index contributed by atoms with van der Waals surface area (Å²) in [6, 6.07) is 7.88. The quantitative estimate of drug-likeness (QED) is 0.745. The smallest absolute Gasteiger partial charge is 0.0697 e. The van der Waals surface area contributed by atoms with Crippen molar-refractivity contribution >= 4 is 15.9 Å². The number of halogens is 1. The van der Waals surface area contributed by atoms with Gasteiger partial charge in [0.15, 0.2) is 0 Å². The molecule has 0 fully saturated rings. The fourth-order valence-electron chi connectivity index (χ4n) is 0.940. The maximum atomic E-state index is 3.87. The lowest BCUT2D eigenvalue weighted by molar-refractivity contribution is 0.803. The molecule has 0 N–H and O–H groups in total. The van der Waals surface area contributed by atoms with Gasteiger partial charge in [-0.25, -0.2) is 4.68 Å². The topological polar surface area (TPSA) is 30.7 Å². The standard InChI is InChI=1S/C8H6BrN3.H/c9-7-1-3-8(4-2-7)12-6-5-10-11-12;/h1-6H;/i;1+1. The Hall–Kier alpha value is -1.16. The molecular weight excluding hydrogens is 218 g/mol. The zero-order valence-electron chi connectivity index (χ0n) is 7.18. The average Bonchev–Trinajstić information content (AvgIpc) is 2.58. The first-order valence-electron chi connectivity index (χ1n) is 3.48. The Morgan fingerprint density at radius 3 is 2.58 bits per heavy atom. The minimum absolute atomic E-state index is 0. The van der Waals surface area contributed by atoms with E-state index in [1.165, 1.54) is 0 Å². The number of aromatic nitrogens is 3. The fourth-order valence-corrected chi connectivity index (χ4v) is 1.20. The molecule has 0 aliphatic rings. The summed E-state index contributed by atoms with van der Waals surface area (Å²) in [5.41, 5.74) is 1.01. The molecule has 61 valence electrons. The number of nitrogens with zero attached hydrogens (tertiary/aromatic N) is 3. The highest BCUT2D eigenvalue weighted by molar-refractivity contribution is 9.10. The molecule has 0 atom stereocenters. The van der Waals surface area contributed by atoms with Crippen LogP contribution in [-0.4, -0.2) is 15.0 Å².